The molecule has 100 valence electrons. The summed E-state index contributed by atoms with van der Waals surface area (Å²) in [6.07, 6.45) is 1.03. The van der Waals surface area contributed by atoms with Crippen molar-refractivity contribution in [3.05, 3.63) is 51.5 Å². The fourth-order valence-corrected chi connectivity index (χ4v) is 3.60. The number of fused-ring (bicyclic) bond motifs is 1. The van der Waals surface area contributed by atoms with Gasteiger partial charge in [0.25, 0.3) is 0 Å². The van der Waals surface area contributed by atoms with Gasteiger partial charge in [-0.3, -0.25) is 0 Å². The monoisotopic (exact) mass is 276 g/mol. The van der Waals surface area contributed by atoms with Gasteiger partial charge >= 0.3 is 0 Å². The Morgan fingerprint density at radius 3 is 3.00 bits per heavy atom. The molecule has 0 unspecified atom stereocenters. The largest absolute Gasteiger partial charge is 0.366 e. The Balaban J connectivity index is 1.98. The maximum absolute atomic E-state index is 14.0. The summed E-state index contributed by atoms with van der Waals surface area (Å²) >= 11 is 1.81. The summed E-state index contributed by atoms with van der Waals surface area (Å²) < 4.78 is 14.0. The lowest BCUT2D eigenvalue weighted by atomic mass is 10.0. The standard InChI is InChI=1S/C15H17FN2S/c1-10(17)15-12(16)3-2-4-13(15)18-7-5-14-11(9-18)6-8-19-14/h2-4,6,8,10H,5,7,9,17H2,1H3/t10-/m0/s1. The van der Waals surface area contributed by atoms with E-state index in [2.05, 4.69) is 16.3 Å². The molecular formula is C15H17FN2S. The molecule has 0 saturated heterocycles. The molecule has 1 aromatic heterocycles. The fourth-order valence-electron chi connectivity index (χ4n) is 2.71. The van der Waals surface area contributed by atoms with Crippen molar-refractivity contribution in [2.75, 3.05) is 11.4 Å². The Kier molecular flexibility index (Phi) is 3.29. The van der Waals surface area contributed by atoms with Crippen LogP contribution in [0.4, 0.5) is 10.1 Å². The molecule has 0 saturated carbocycles. The quantitative estimate of drug-likeness (QED) is 0.910. The summed E-state index contributed by atoms with van der Waals surface area (Å²) in [6.45, 7) is 3.61. The second-order valence-corrected chi connectivity index (χ2v) is 6.00. The van der Waals surface area contributed by atoms with E-state index < -0.39 is 0 Å². The summed E-state index contributed by atoms with van der Waals surface area (Å²) in [6, 6.07) is 7.10. The lowest BCUT2D eigenvalue weighted by molar-refractivity contribution is 0.589. The van der Waals surface area contributed by atoms with Crippen molar-refractivity contribution in [2.24, 2.45) is 5.73 Å². The molecule has 2 N–H and O–H groups in total. The number of nitrogens with two attached hydrogens (primary N) is 1. The van der Waals surface area contributed by atoms with Gasteiger partial charge in [-0.05, 0) is 42.5 Å². The first-order valence-corrected chi connectivity index (χ1v) is 7.39. The number of benzene rings is 1. The third kappa shape index (κ3) is 2.26. The molecule has 0 amide bonds. The van der Waals surface area contributed by atoms with Crippen LogP contribution in [0.15, 0.2) is 29.6 Å². The van der Waals surface area contributed by atoms with E-state index in [1.807, 2.05) is 24.3 Å². The van der Waals surface area contributed by atoms with E-state index in [-0.39, 0.29) is 11.9 Å². The Labute approximate surface area is 116 Å². The van der Waals surface area contributed by atoms with Gasteiger partial charge in [0, 0.05) is 35.3 Å². The molecule has 4 heteroatoms. The Bertz CT molecular complexity index is 592. The minimum atomic E-state index is -0.292. The Hall–Kier alpha value is -1.39. The van der Waals surface area contributed by atoms with Crippen LogP contribution in [-0.2, 0) is 13.0 Å². The number of anilines is 1. The number of hydrogen-bond acceptors (Lipinski definition) is 3. The van der Waals surface area contributed by atoms with Crippen molar-refractivity contribution in [1.29, 1.82) is 0 Å². The summed E-state index contributed by atoms with van der Waals surface area (Å²) in [7, 11) is 0. The molecule has 0 radical (unpaired) electrons. The zero-order chi connectivity index (χ0) is 13.4. The summed E-state index contributed by atoms with van der Waals surface area (Å²) in [5.41, 5.74) is 8.85. The smallest absolute Gasteiger partial charge is 0.130 e. The van der Waals surface area contributed by atoms with Gasteiger partial charge in [0.05, 0.1) is 0 Å². The highest BCUT2D eigenvalue weighted by Crippen LogP contribution is 2.32. The van der Waals surface area contributed by atoms with Crippen molar-refractivity contribution in [2.45, 2.75) is 25.9 Å². The summed E-state index contributed by atoms with van der Waals surface area (Å²) in [5.74, 6) is -0.205. The number of nitrogens with zero attached hydrogens (tertiary/aromatic N) is 1. The van der Waals surface area contributed by atoms with Crippen molar-refractivity contribution < 1.29 is 4.39 Å². The fraction of sp³-hybridized carbons (Fsp3) is 0.333. The van der Waals surface area contributed by atoms with Crippen LogP contribution >= 0.6 is 11.3 Å². The third-order valence-electron chi connectivity index (χ3n) is 3.63. The zero-order valence-electron chi connectivity index (χ0n) is 10.9. The van der Waals surface area contributed by atoms with Crippen LogP contribution < -0.4 is 10.6 Å². The minimum absolute atomic E-state index is 0.205. The second-order valence-electron chi connectivity index (χ2n) is 5.00. The Morgan fingerprint density at radius 2 is 2.21 bits per heavy atom. The lowest BCUT2D eigenvalue weighted by Crippen LogP contribution is -2.31. The molecule has 1 atom stereocenters. The van der Waals surface area contributed by atoms with Crippen LogP contribution in [0.3, 0.4) is 0 Å². The van der Waals surface area contributed by atoms with Crippen LogP contribution in [0.2, 0.25) is 0 Å². The van der Waals surface area contributed by atoms with E-state index in [9.17, 15) is 4.39 Å². The predicted octanol–water partition coefficient (Wildman–Crippen LogP) is 3.47. The van der Waals surface area contributed by atoms with Crippen molar-refractivity contribution >= 4 is 17.0 Å². The van der Waals surface area contributed by atoms with Gasteiger partial charge in [-0.1, -0.05) is 6.07 Å². The van der Waals surface area contributed by atoms with Crippen molar-refractivity contribution in [3.63, 3.8) is 0 Å². The lowest BCUT2D eigenvalue weighted by Gasteiger charge is -2.31. The summed E-state index contributed by atoms with van der Waals surface area (Å²) in [4.78, 5) is 3.69. The van der Waals surface area contributed by atoms with Crippen LogP contribution in [0, 0.1) is 5.82 Å². The summed E-state index contributed by atoms with van der Waals surface area (Å²) in [5, 5.41) is 2.13. The average Bonchev–Trinajstić information content (AvgIpc) is 2.85. The van der Waals surface area contributed by atoms with Crippen molar-refractivity contribution in [3.8, 4) is 0 Å². The van der Waals surface area contributed by atoms with E-state index in [0.29, 0.717) is 5.56 Å². The van der Waals surface area contributed by atoms with Crippen molar-refractivity contribution in [1.82, 2.24) is 0 Å². The normalized spacial score (nSPS) is 16.3. The number of hydrogen-bond donors (Lipinski definition) is 1. The number of halogens is 1. The number of thiophene rings is 1. The van der Waals surface area contributed by atoms with E-state index in [1.165, 1.54) is 16.5 Å². The van der Waals surface area contributed by atoms with Crippen LogP contribution in [0.25, 0.3) is 0 Å². The molecule has 0 bridgehead atoms. The topological polar surface area (TPSA) is 29.3 Å². The second kappa shape index (κ2) is 4.94. The molecule has 3 rings (SSSR count). The van der Waals surface area contributed by atoms with Gasteiger partial charge in [-0.25, -0.2) is 4.39 Å². The maximum atomic E-state index is 14.0. The highest BCUT2D eigenvalue weighted by atomic mass is 32.1. The minimum Gasteiger partial charge on any atom is -0.366 e. The van der Waals surface area contributed by atoms with Gasteiger partial charge in [0.2, 0.25) is 0 Å². The average molecular weight is 276 g/mol. The SMILES string of the molecule is C[C@H](N)c1c(F)cccc1N1CCc2sccc2C1. The molecule has 2 aromatic rings. The van der Waals surface area contributed by atoms with E-state index in [1.54, 1.807) is 6.07 Å². The molecule has 1 aromatic carbocycles. The maximum Gasteiger partial charge on any atom is 0.130 e. The first kappa shape index (κ1) is 12.6. The predicted molar refractivity (Wildman–Crippen MR) is 78.1 cm³/mol. The molecule has 0 spiro atoms. The van der Waals surface area contributed by atoms with E-state index >= 15 is 0 Å². The van der Waals surface area contributed by atoms with Crippen LogP contribution in [-0.4, -0.2) is 6.54 Å². The molecule has 2 heterocycles. The first-order valence-electron chi connectivity index (χ1n) is 6.51. The van der Waals surface area contributed by atoms with E-state index in [0.717, 1.165) is 25.2 Å². The molecule has 0 fully saturated rings. The highest BCUT2D eigenvalue weighted by Gasteiger charge is 2.22. The molecule has 2 nitrogen and oxygen atoms in total. The molecule has 0 aliphatic carbocycles. The highest BCUT2D eigenvalue weighted by molar-refractivity contribution is 7.10. The van der Waals surface area contributed by atoms with Gasteiger partial charge in [0.15, 0.2) is 0 Å². The molecule has 19 heavy (non-hydrogen) atoms. The zero-order valence-corrected chi connectivity index (χ0v) is 11.7. The first-order chi connectivity index (χ1) is 9.16. The number of rotatable bonds is 2. The van der Waals surface area contributed by atoms with Gasteiger partial charge in [-0.15, -0.1) is 11.3 Å². The molecule has 1 aliphatic rings. The Morgan fingerprint density at radius 1 is 1.37 bits per heavy atom. The molecule has 1 aliphatic heterocycles. The van der Waals surface area contributed by atoms with Gasteiger partial charge in [-0.2, -0.15) is 0 Å². The molecular weight excluding hydrogens is 259 g/mol. The van der Waals surface area contributed by atoms with Crippen LogP contribution in [0.1, 0.15) is 29.0 Å². The van der Waals surface area contributed by atoms with Crippen LogP contribution in [0.5, 0.6) is 0 Å². The van der Waals surface area contributed by atoms with E-state index in [4.69, 9.17) is 5.73 Å². The third-order valence-corrected chi connectivity index (χ3v) is 4.66. The van der Waals surface area contributed by atoms with Gasteiger partial charge in [0.1, 0.15) is 5.82 Å². The van der Waals surface area contributed by atoms with Gasteiger partial charge < -0.3 is 10.6 Å².